The molecule has 8 heteroatoms. The van der Waals surface area contributed by atoms with Gasteiger partial charge < -0.3 is 10.2 Å². The van der Waals surface area contributed by atoms with Gasteiger partial charge in [-0.2, -0.15) is 0 Å². The number of carbonyl (C=O) groups is 1. The Morgan fingerprint density at radius 2 is 1.66 bits per heavy atom. The zero-order valence-corrected chi connectivity index (χ0v) is 17.6. The highest BCUT2D eigenvalue weighted by Crippen LogP contribution is 2.31. The van der Waals surface area contributed by atoms with Crippen molar-refractivity contribution in [3.05, 3.63) is 53.8 Å². The van der Waals surface area contributed by atoms with Gasteiger partial charge in [0.25, 0.3) is 5.91 Å². The lowest BCUT2D eigenvalue weighted by Crippen LogP contribution is -2.40. The van der Waals surface area contributed by atoms with Crippen LogP contribution in [0.2, 0.25) is 0 Å². The monoisotopic (exact) mass is 419 g/mol. The molecule has 2 N–H and O–H groups in total. The molecule has 0 aliphatic carbocycles. The average Bonchev–Trinajstić information content (AvgIpc) is 3.16. The molecule has 6 nitrogen and oxygen atoms in total. The molecular formula is C21H26FN3O3S. The molecule has 0 saturated carbocycles. The maximum Gasteiger partial charge on any atom is 0.255 e. The topological polar surface area (TPSA) is 78.5 Å². The van der Waals surface area contributed by atoms with Crippen LogP contribution in [0.5, 0.6) is 0 Å². The quantitative estimate of drug-likeness (QED) is 0.774. The molecule has 0 unspecified atom stereocenters. The summed E-state index contributed by atoms with van der Waals surface area (Å²) in [5.74, 6) is -1.00. The van der Waals surface area contributed by atoms with E-state index < -0.39 is 27.3 Å². The minimum Gasteiger partial charge on any atom is -0.370 e. The first kappa shape index (κ1) is 21.3. The summed E-state index contributed by atoms with van der Waals surface area (Å²) in [7, 11) is -3.69. The highest BCUT2D eigenvalue weighted by molar-refractivity contribution is 7.89. The summed E-state index contributed by atoms with van der Waals surface area (Å²) in [4.78, 5) is 14.8. The third-order valence-electron chi connectivity index (χ3n) is 4.54. The Kier molecular flexibility index (Phi) is 5.95. The number of anilines is 2. The van der Waals surface area contributed by atoms with Crippen molar-refractivity contribution in [2.45, 2.75) is 44.0 Å². The maximum atomic E-state index is 14.4. The molecule has 1 aliphatic rings. The third-order valence-corrected chi connectivity index (χ3v) is 6.32. The summed E-state index contributed by atoms with van der Waals surface area (Å²) in [6.45, 7) is 6.88. The van der Waals surface area contributed by atoms with Gasteiger partial charge >= 0.3 is 0 Å². The first-order valence-corrected chi connectivity index (χ1v) is 11.0. The van der Waals surface area contributed by atoms with Crippen LogP contribution >= 0.6 is 0 Å². The van der Waals surface area contributed by atoms with Crippen LogP contribution in [-0.4, -0.2) is 33.0 Å². The van der Waals surface area contributed by atoms with Gasteiger partial charge in [0.2, 0.25) is 10.0 Å². The number of rotatable bonds is 5. The van der Waals surface area contributed by atoms with Crippen molar-refractivity contribution in [1.82, 2.24) is 4.72 Å². The number of hydrogen-bond acceptors (Lipinski definition) is 4. The summed E-state index contributed by atoms with van der Waals surface area (Å²) >= 11 is 0. The van der Waals surface area contributed by atoms with Crippen LogP contribution in [0.4, 0.5) is 15.8 Å². The Morgan fingerprint density at radius 3 is 2.24 bits per heavy atom. The van der Waals surface area contributed by atoms with Gasteiger partial charge in [0, 0.05) is 24.2 Å². The van der Waals surface area contributed by atoms with Crippen molar-refractivity contribution in [1.29, 1.82) is 0 Å². The Labute approximate surface area is 171 Å². The third kappa shape index (κ3) is 5.13. The molecule has 1 fully saturated rings. The van der Waals surface area contributed by atoms with Crippen LogP contribution < -0.4 is 14.9 Å². The Bertz CT molecular complexity index is 993. The number of benzene rings is 2. The van der Waals surface area contributed by atoms with Gasteiger partial charge in [0.1, 0.15) is 11.5 Å². The molecule has 1 amide bonds. The molecule has 2 aromatic rings. The van der Waals surface area contributed by atoms with Crippen molar-refractivity contribution in [3.8, 4) is 0 Å². The van der Waals surface area contributed by atoms with E-state index in [0.29, 0.717) is 5.69 Å². The van der Waals surface area contributed by atoms with Crippen molar-refractivity contribution in [2.75, 3.05) is 23.3 Å². The number of nitrogens with one attached hydrogen (secondary N) is 2. The van der Waals surface area contributed by atoms with E-state index in [0.717, 1.165) is 25.9 Å². The van der Waals surface area contributed by atoms with Gasteiger partial charge in [-0.3, -0.25) is 4.79 Å². The van der Waals surface area contributed by atoms with E-state index in [1.807, 2.05) is 4.90 Å². The largest absolute Gasteiger partial charge is 0.370 e. The van der Waals surface area contributed by atoms with Gasteiger partial charge in [-0.15, -0.1) is 0 Å². The van der Waals surface area contributed by atoms with E-state index >= 15 is 0 Å². The Morgan fingerprint density at radius 1 is 1.03 bits per heavy atom. The molecule has 0 atom stereocenters. The van der Waals surface area contributed by atoms with E-state index in [1.54, 1.807) is 32.9 Å². The zero-order chi connectivity index (χ0) is 21.2. The molecule has 0 spiro atoms. The molecule has 1 aliphatic heterocycles. The van der Waals surface area contributed by atoms with E-state index in [4.69, 9.17) is 0 Å². The number of sulfonamides is 1. The van der Waals surface area contributed by atoms with Crippen LogP contribution in [-0.2, 0) is 10.0 Å². The molecular weight excluding hydrogens is 393 g/mol. The number of amides is 1. The first-order valence-electron chi connectivity index (χ1n) is 9.56. The van der Waals surface area contributed by atoms with Gasteiger partial charge in [-0.05, 0) is 70.0 Å². The fourth-order valence-electron chi connectivity index (χ4n) is 3.29. The molecule has 156 valence electrons. The van der Waals surface area contributed by atoms with Crippen molar-refractivity contribution < 1.29 is 17.6 Å². The number of carbonyl (C=O) groups excluding carboxylic acids is 1. The van der Waals surface area contributed by atoms with E-state index in [1.165, 1.54) is 30.3 Å². The average molecular weight is 420 g/mol. The predicted octanol–water partition coefficient (Wildman–Crippen LogP) is 3.76. The maximum absolute atomic E-state index is 14.4. The fraction of sp³-hybridized carbons (Fsp3) is 0.381. The lowest BCUT2D eigenvalue weighted by Gasteiger charge is -2.22. The lowest BCUT2D eigenvalue weighted by molar-refractivity contribution is 0.102. The van der Waals surface area contributed by atoms with Gasteiger partial charge in [0.05, 0.1) is 10.6 Å². The zero-order valence-electron chi connectivity index (χ0n) is 16.8. The SMILES string of the molecule is CC(C)(C)NS(=O)(=O)c1ccc(C(=O)Nc2c(F)cccc2N2CCCC2)cc1. The highest BCUT2D eigenvalue weighted by Gasteiger charge is 2.23. The Balaban J connectivity index is 1.81. The molecule has 29 heavy (non-hydrogen) atoms. The van der Waals surface area contributed by atoms with Crippen LogP contribution in [0.3, 0.4) is 0 Å². The van der Waals surface area contributed by atoms with Crippen LogP contribution in [0.15, 0.2) is 47.4 Å². The molecule has 2 aromatic carbocycles. The minimum atomic E-state index is -3.69. The summed E-state index contributed by atoms with van der Waals surface area (Å²) in [6, 6.07) is 10.3. The number of hydrogen-bond donors (Lipinski definition) is 2. The van der Waals surface area contributed by atoms with Gasteiger partial charge in [-0.25, -0.2) is 17.5 Å². The summed E-state index contributed by atoms with van der Waals surface area (Å²) in [6.07, 6.45) is 2.06. The molecule has 1 saturated heterocycles. The van der Waals surface area contributed by atoms with E-state index in [9.17, 15) is 17.6 Å². The molecule has 3 rings (SSSR count). The van der Waals surface area contributed by atoms with Crippen molar-refractivity contribution >= 4 is 27.3 Å². The van der Waals surface area contributed by atoms with Crippen molar-refractivity contribution in [3.63, 3.8) is 0 Å². The predicted molar refractivity (Wildman–Crippen MR) is 112 cm³/mol. The van der Waals surface area contributed by atoms with Crippen molar-refractivity contribution in [2.24, 2.45) is 0 Å². The van der Waals surface area contributed by atoms with Crippen LogP contribution in [0.25, 0.3) is 0 Å². The van der Waals surface area contributed by atoms with Crippen LogP contribution in [0.1, 0.15) is 44.0 Å². The number of nitrogens with zero attached hydrogens (tertiary/aromatic N) is 1. The van der Waals surface area contributed by atoms with E-state index in [-0.39, 0.29) is 16.1 Å². The van der Waals surface area contributed by atoms with Gasteiger partial charge in [-0.1, -0.05) is 6.07 Å². The van der Waals surface area contributed by atoms with Crippen LogP contribution in [0, 0.1) is 5.82 Å². The second-order valence-corrected chi connectivity index (χ2v) is 9.84. The first-order chi connectivity index (χ1) is 13.6. The van der Waals surface area contributed by atoms with E-state index in [2.05, 4.69) is 10.0 Å². The summed E-state index contributed by atoms with van der Waals surface area (Å²) in [5, 5.41) is 2.65. The van der Waals surface area contributed by atoms with Gasteiger partial charge in [0.15, 0.2) is 0 Å². The molecule has 0 bridgehead atoms. The second-order valence-electron chi connectivity index (χ2n) is 8.16. The highest BCUT2D eigenvalue weighted by atomic mass is 32.2. The molecule has 1 heterocycles. The normalized spacial score (nSPS) is 14.8. The standard InChI is InChI=1S/C21H26FN3O3S/c1-21(2,3)24-29(27,28)16-11-9-15(10-12-16)20(26)23-19-17(22)7-6-8-18(19)25-13-4-5-14-25/h6-12,24H,4-5,13-14H2,1-3H3,(H,23,26). The summed E-state index contributed by atoms with van der Waals surface area (Å²) in [5.41, 5.74) is 0.427. The second kappa shape index (κ2) is 8.12. The fourth-order valence-corrected chi connectivity index (χ4v) is 4.71. The lowest BCUT2D eigenvalue weighted by atomic mass is 10.1. The minimum absolute atomic E-state index is 0.0626. The molecule has 0 aromatic heterocycles. The summed E-state index contributed by atoms with van der Waals surface area (Å²) < 4.78 is 41.8. The molecule has 0 radical (unpaired) electrons. The Hall–Kier alpha value is -2.45. The number of halogens is 1. The smallest absolute Gasteiger partial charge is 0.255 e. The number of para-hydroxylation sites is 1.